The Balaban J connectivity index is 1.77. The number of rotatable bonds is 17. The fourth-order valence-corrected chi connectivity index (χ4v) is 6.82. The van der Waals surface area contributed by atoms with E-state index >= 15 is 0 Å². The van der Waals surface area contributed by atoms with Gasteiger partial charge in [-0.2, -0.15) is 0 Å². The number of esters is 1. The van der Waals surface area contributed by atoms with Crippen molar-refractivity contribution in [1.82, 2.24) is 10.2 Å². The summed E-state index contributed by atoms with van der Waals surface area (Å²) in [4.78, 5) is 32.1. The summed E-state index contributed by atoms with van der Waals surface area (Å²) >= 11 is 0. The van der Waals surface area contributed by atoms with E-state index in [0.717, 1.165) is 19.3 Å². The molecule has 0 aromatic rings. The summed E-state index contributed by atoms with van der Waals surface area (Å²) in [5.41, 5.74) is 6.52. The van der Waals surface area contributed by atoms with Crippen LogP contribution >= 0.6 is 0 Å². The Bertz CT molecular complexity index is 1490. The van der Waals surface area contributed by atoms with Crippen LogP contribution in [-0.4, -0.2) is 147 Å². The molecule has 7 unspecified atom stereocenters. The minimum Gasteiger partial charge on any atom is -0.478 e. The number of aliphatic imine (C=N–C) groups is 1. The Hall–Kier alpha value is -3.85. The predicted octanol–water partition coefficient (Wildman–Crippen LogP) is -0.536. The van der Waals surface area contributed by atoms with Crippen LogP contribution in [0.4, 0.5) is 0 Å². The molecule has 18 heteroatoms. The number of nitrogens with two attached hydrogens (primary N) is 1. The minimum absolute atomic E-state index is 0.0886. The van der Waals surface area contributed by atoms with Gasteiger partial charge in [-0.1, -0.05) is 24.6 Å². The SMILES string of the molecule is C=CC1C(OC2OC(CO)C(O)C(O)(O)C2OC(C)C)OC=C(C(=O)OC2CCCCC2)C1C=CC1=C(NC(N)=NCCCO)C(C(=O)O)=CN(CCO)C1. The van der Waals surface area contributed by atoms with E-state index in [4.69, 9.17) is 34.5 Å². The molecule has 0 amide bonds. The summed E-state index contributed by atoms with van der Waals surface area (Å²) in [5.74, 6) is -6.77. The first kappa shape index (κ1) is 43.9. The van der Waals surface area contributed by atoms with Gasteiger partial charge in [0.1, 0.15) is 18.3 Å². The quantitative estimate of drug-likeness (QED) is 0.0224. The van der Waals surface area contributed by atoms with Crippen molar-refractivity contribution in [2.75, 3.05) is 39.5 Å². The molecule has 55 heavy (non-hydrogen) atoms. The number of carbonyl (C=O) groups is 2. The van der Waals surface area contributed by atoms with Crippen LogP contribution in [0.1, 0.15) is 52.4 Å². The number of hydrogen-bond acceptors (Lipinski definition) is 15. The number of β-amino-alcohol motifs (C(OH)–C–C–N with tert-alkyl or cyclic N) is 1. The van der Waals surface area contributed by atoms with Crippen molar-refractivity contribution < 1.29 is 69.0 Å². The van der Waals surface area contributed by atoms with Crippen LogP contribution in [0, 0.1) is 11.8 Å². The highest BCUT2D eigenvalue weighted by Crippen LogP contribution is 2.39. The molecule has 1 saturated carbocycles. The second-order valence-electron chi connectivity index (χ2n) is 14.0. The fourth-order valence-electron chi connectivity index (χ4n) is 6.82. The normalized spacial score (nSPS) is 29.1. The van der Waals surface area contributed by atoms with Crippen molar-refractivity contribution in [3.63, 3.8) is 0 Å². The van der Waals surface area contributed by atoms with E-state index in [2.05, 4.69) is 16.9 Å². The summed E-state index contributed by atoms with van der Waals surface area (Å²) < 4.78 is 29.5. The highest BCUT2D eigenvalue weighted by molar-refractivity contribution is 5.95. The standard InChI is InChI=1S/C37H56N4O14/c1-4-24-25(12-11-22-17-41(14-16-43)18-26(32(46)47)29(22)40-36(38)39-13-8-15-42)27(33(48)53-23-9-6-5-7-10-23)20-51-34(24)55-35-31(52-21(2)3)37(49,50)30(45)28(19-44)54-35/h4,11-12,18,20-21,23-25,28,30-31,34-35,42-45,49-50H,1,5-10,13-17,19H2,2-3H3,(H,46,47)(H3,38,39,40). The Labute approximate surface area is 319 Å². The van der Waals surface area contributed by atoms with Gasteiger partial charge in [-0.05, 0) is 51.5 Å². The van der Waals surface area contributed by atoms with Gasteiger partial charge in [0.15, 0.2) is 18.4 Å². The van der Waals surface area contributed by atoms with Crippen molar-refractivity contribution >= 4 is 17.9 Å². The molecule has 4 aliphatic rings. The summed E-state index contributed by atoms with van der Waals surface area (Å²) in [6, 6.07) is 0. The Kier molecular flexibility index (Phi) is 16.2. The first-order valence-corrected chi connectivity index (χ1v) is 18.5. The zero-order valence-corrected chi connectivity index (χ0v) is 31.2. The molecule has 0 aromatic heterocycles. The maximum atomic E-state index is 13.8. The number of aliphatic hydroxyl groups excluding tert-OH is 4. The van der Waals surface area contributed by atoms with E-state index in [1.54, 1.807) is 30.9 Å². The highest BCUT2D eigenvalue weighted by atomic mass is 16.8. The predicted molar refractivity (Wildman–Crippen MR) is 195 cm³/mol. The lowest BCUT2D eigenvalue weighted by Crippen LogP contribution is -2.69. The number of hydrogen-bond donors (Lipinski definition) is 9. The van der Waals surface area contributed by atoms with E-state index in [1.807, 2.05) is 0 Å². The minimum atomic E-state index is -2.92. The lowest BCUT2D eigenvalue weighted by Gasteiger charge is -2.48. The average Bonchev–Trinajstić information content (AvgIpc) is 3.14. The van der Waals surface area contributed by atoms with Gasteiger partial charge in [-0.15, -0.1) is 6.58 Å². The number of aliphatic hydroxyl groups is 6. The van der Waals surface area contributed by atoms with Crippen molar-refractivity contribution in [2.24, 2.45) is 22.6 Å². The third kappa shape index (κ3) is 11.1. The third-order valence-electron chi connectivity index (χ3n) is 9.63. The number of allylic oxidation sites excluding steroid dienone is 1. The molecule has 0 bridgehead atoms. The first-order valence-electron chi connectivity index (χ1n) is 18.5. The van der Waals surface area contributed by atoms with E-state index in [0.29, 0.717) is 24.8 Å². The molecule has 308 valence electrons. The number of carboxylic acid groups (broad SMARTS) is 1. The first-order chi connectivity index (χ1) is 26.2. The Morgan fingerprint density at radius 2 is 1.89 bits per heavy atom. The van der Waals surface area contributed by atoms with Crippen LogP contribution < -0.4 is 11.1 Å². The van der Waals surface area contributed by atoms with Gasteiger partial charge in [0.05, 0.1) is 48.3 Å². The molecule has 18 nitrogen and oxygen atoms in total. The molecule has 7 atom stereocenters. The molecule has 10 N–H and O–H groups in total. The summed E-state index contributed by atoms with van der Waals surface area (Å²) in [6.45, 7) is 6.42. The van der Waals surface area contributed by atoms with Crippen LogP contribution in [0.2, 0.25) is 0 Å². The number of ether oxygens (including phenoxy) is 5. The summed E-state index contributed by atoms with van der Waals surface area (Å²) in [5, 5.41) is 74.3. The molecule has 1 saturated heterocycles. The van der Waals surface area contributed by atoms with Gasteiger partial charge in [-0.3, -0.25) is 4.99 Å². The molecular weight excluding hydrogens is 724 g/mol. The maximum Gasteiger partial charge on any atom is 0.339 e. The number of carbonyl (C=O) groups excluding carboxylic acids is 1. The van der Waals surface area contributed by atoms with Crippen molar-refractivity contribution in [3.8, 4) is 0 Å². The van der Waals surface area contributed by atoms with Crippen LogP contribution in [-0.2, 0) is 33.3 Å². The van der Waals surface area contributed by atoms with Crippen LogP contribution in [0.25, 0.3) is 0 Å². The number of aliphatic carboxylic acids is 1. The van der Waals surface area contributed by atoms with E-state index in [-0.39, 0.29) is 61.8 Å². The molecule has 0 radical (unpaired) electrons. The second-order valence-corrected chi connectivity index (χ2v) is 14.0. The van der Waals surface area contributed by atoms with Crippen LogP contribution in [0.15, 0.2) is 64.7 Å². The largest absolute Gasteiger partial charge is 0.478 e. The topological polar surface area (TPSA) is 276 Å². The van der Waals surface area contributed by atoms with E-state index < -0.39 is 73.2 Å². The summed E-state index contributed by atoms with van der Waals surface area (Å²) in [6.07, 6.45) is 2.86. The average molecular weight is 781 g/mol. The number of nitrogens with one attached hydrogen (secondary N) is 1. The van der Waals surface area contributed by atoms with Crippen LogP contribution in [0.5, 0.6) is 0 Å². The second kappa shape index (κ2) is 20.4. The van der Waals surface area contributed by atoms with Crippen molar-refractivity contribution in [2.45, 2.75) is 101 Å². The highest BCUT2D eigenvalue weighted by Gasteiger charge is 2.57. The van der Waals surface area contributed by atoms with Crippen LogP contribution in [0.3, 0.4) is 0 Å². The monoisotopic (exact) mass is 780 g/mol. The Morgan fingerprint density at radius 3 is 2.51 bits per heavy atom. The lowest BCUT2D eigenvalue weighted by atomic mass is 9.83. The van der Waals surface area contributed by atoms with Gasteiger partial charge >= 0.3 is 11.9 Å². The molecule has 3 heterocycles. The molecule has 2 fully saturated rings. The number of nitrogens with zero attached hydrogens (tertiary/aromatic N) is 2. The number of guanidine groups is 1. The maximum absolute atomic E-state index is 13.8. The summed E-state index contributed by atoms with van der Waals surface area (Å²) in [7, 11) is 0. The van der Waals surface area contributed by atoms with Crippen molar-refractivity contribution in [3.05, 3.63) is 59.7 Å². The lowest BCUT2D eigenvalue weighted by molar-refractivity contribution is -0.413. The zero-order valence-electron chi connectivity index (χ0n) is 31.2. The Morgan fingerprint density at radius 1 is 1.16 bits per heavy atom. The van der Waals surface area contributed by atoms with Gasteiger partial charge in [0, 0.05) is 38.4 Å². The smallest absolute Gasteiger partial charge is 0.339 e. The van der Waals surface area contributed by atoms with E-state index in [9.17, 15) is 40.2 Å². The third-order valence-corrected chi connectivity index (χ3v) is 9.63. The molecular formula is C37H56N4O14. The van der Waals surface area contributed by atoms with Gasteiger partial charge in [0.25, 0.3) is 0 Å². The number of carboxylic acids is 1. The van der Waals surface area contributed by atoms with Crippen molar-refractivity contribution in [1.29, 1.82) is 0 Å². The molecule has 1 aliphatic carbocycles. The fraction of sp³-hybridized carbons (Fsp3) is 0.649. The van der Waals surface area contributed by atoms with Gasteiger partial charge in [-0.25, -0.2) is 9.59 Å². The zero-order chi connectivity index (χ0) is 40.3. The van der Waals surface area contributed by atoms with Gasteiger partial charge < -0.3 is 75.4 Å². The molecule has 0 spiro atoms. The molecule has 4 rings (SSSR count). The van der Waals surface area contributed by atoms with E-state index in [1.165, 1.54) is 18.5 Å². The molecule has 0 aromatic carbocycles. The molecule has 3 aliphatic heterocycles. The van der Waals surface area contributed by atoms with Gasteiger partial charge in [0.2, 0.25) is 12.1 Å².